The largest absolute Gasteiger partial charge is 0.322 e. The Kier molecular flexibility index (Phi) is 4.76. The van der Waals surface area contributed by atoms with Crippen molar-refractivity contribution in [3.63, 3.8) is 0 Å². The van der Waals surface area contributed by atoms with E-state index in [1.54, 1.807) is 25.1 Å². The van der Waals surface area contributed by atoms with Crippen LogP contribution in [0, 0.1) is 12.7 Å². The molecule has 2 aromatic carbocycles. The molecule has 0 bridgehead atoms. The molecule has 1 saturated heterocycles. The van der Waals surface area contributed by atoms with Crippen LogP contribution in [0.15, 0.2) is 42.5 Å². The lowest BCUT2D eigenvalue weighted by Crippen LogP contribution is -2.38. The van der Waals surface area contributed by atoms with Gasteiger partial charge in [0.2, 0.25) is 10.0 Å². The first-order valence-corrected chi connectivity index (χ1v) is 9.66. The summed E-state index contributed by atoms with van der Waals surface area (Å²) in [5.41, 5.74) is 2.14. The fourth-order valence-electron chi connectivity index (χ4n) is 2.91. The molecule has 0 saturated carbocycles. The summed E-state index contributed by atoms with van der Waals surface area (Å²) in [7, 11) is -3.28. The number of sulfonamides is 1. The molecule has 3 rings (SSSR count). The molecule has 2 aromatic rings. The highest BCUT2D eigenvalue weighted by Crippen LogP contribution is 2.29. The number of halogens is 1. The number of nitrogens with one attached hydrogen (secondary N) is 1. The Morgan fingerprint density at radius 3 is 2.64 bits per heavy atom. The number of rotatable bonds is 3. The predicted octanol–water partition coefficient (Wildman–Crippen LogP) is 3.32. The molecule has 0 radical (unpaired) electrons. The van der Waals surface area contributed by atoms with Crippen molar-refractivity contribution in [3.8, 4) is 0 Å². The quantitative estimate of drug-likeness (QED) is 0.911. The van der Waals surface area contributed by atoms with Crippen molar-refractivity contribution in [2.24, 2.45) is 0 Å². The molecule has 0 unspecified atom stereocenters. The Hall–Kier alpha value is -2.41. The fourth-order valence-corrected chi connectivity index (χ4v) is 4.61. The standard InChI is InChI=1S/C18H19FN2O3S/c1-13-11-16(20-18(22)14-5-4-6-15(19)12-14)7-8-17(13)21-9-2-3-10-25(21,23)24/h4-8,11-12H,2-3,9-10H2,1H3,(H,20,22). The van der Waals surface area contributed by atoms with Gasteiger partial charge in [0.05, 0.1) is 11.4 Å². The van der Waals surface area contributed by atoms with Gasteiger partial charge in [-0.25, -0.2) is 12.8 Å². The summed E-state index contributed by atoms with van der Waals surface area (Å²) in [4.78, 5) is 12.2. The minimum Gasteiger partial charge on any atom is -0.322 e. The zero-order valence-corrected chi connectivity index (χ0v) is 14.6. The smallest absolute Gasteiger partial charge is 0.255 e. The highest BCUT2D eigenvalue weighted by molar-refractivity contribution is 7.92. The normalized spacial score (nSPS) is 16.5. The van der Waals surface area contributed by atoms with E-state index in [0.29, 0.717) is 24.3 Å². The Morgan fingerprint density at radius 1 is 1.16 bits per heavy atom. The first-order valence-electron chi connectivity index (χ1n) is 8.05. The molecule has 0 atom stereocenters. The van der Waals surface area contributed by atoms with Gasteiger partial charge in [-0.15, -0.1) is 0 Å². The molecule has 0 aromatic heterocycles. The van der Waals surface area contributed by atoms with Crippen molar-refractivity contribution >= 4 is 27.3 Å². The molecule has 1 aliphatic heterocycles. The number of nitrogens with zero attached hydrogens (tertiary/aromatic N) is 1. The van der Waals surface area contributed by atoms with E-state index >= 15 is 0 Å². The van der Waals surface area contributed by atoms with Gasteiger partial charge in [-0.1, -0.05) is 6.07 Å². The van der Waals surface area contributed by atoms with Crippen molar-refractivity contribution in [1.82, 2.24) is 0 Å². The highest BCUT2D eigenvalue weighted by Gasteiger charge is 2.27. The second-order valence-corrected chi connectivity index (χ2v) is 8.07. The van der Waals surface area contributed by atoms with Crippen LogP contribution in [0.5, 0.6) is 0 Å². The summed E-state index contributed by atoms with van der Waals surface area (Å²) in [5, 5.41) is 2.70. The van der Waals surface area contributed by atoms with Gasteiger partial charge in [-0.2, -0.15) is 0 Å². The van der Waals surface area contributed by atoms with Gasteiger partial charge in [0.25, 0.3) is 5.91 Å². The number of carbonyl (C=O) groups is 1. The first-order chi connectivity index (χ1) is 11.9. The van der Waals surface area contributed by atoms with Crippen LogP contribution < -0.4 is 9.62 Å². The summed E-state index contributed by atoms with van der Waals surface area (Å²) in [6.07, 6.45) is 1.51. The van der Waals surface area contributed by atoms with E-state index < -0.39 is 21.7 Å². The lowest BCUT2D eigenvalue weighted by Gasteiger charge is -2.29. The van der Waals surface area contributed by atoms with Gasteiger partial charge in [-0.05, 0) is 61.7 Å². The van der Waals surface area contributed by atoms with Gasteiger partial charge >= 0.3 is 0 Å². The van der Waals surface area contributed by atoms with E-state index in [2.05, 4.69) is 5.32 Å². The summed E-state index contributed by atoms with van der Waals surface area (Å²) in [6, 6.07) is 10.5. The molecule has 0 spiro atoms. The Bertz CT molecular complexity index is 912. The van der Waals surface area contributed by atoms with Gasteiger partial charge in [-0.3, -0.25) is 9.10 Å². The van der Waals surface area contributed by atoms with Crippen molar-refractivity contribution < 1.29 is 17.6 Å². The maximum absolute atomic E-state index is 13.2. The van der Waals surface area contributed by atoms with Crippen molar-refractivity contribution in [2.75, 3.05) is 21.9 Å². The van der Waals surface area contributed by atoms with Crippen LogP contribution in [0.25, 0.3) is 0 Å². The SMILES string of the molecule is Cc1cc(NC(=O)c2cccc(F)c2)ccc1N1CCCCS1(=O)=O. The third kappa shape index (κ3) is 3.82. The fraction of sp³-hybridized carbons (Fsp3) is 0.278. The molecule has 7 heteroatoms. The number of anilines is 2. The number of carbonyl (C=O) groups excluding carboxylic acids is 1. The van der Waals surface area contributed by atoms with Gasteiger partial charge in [0.1, 0.15) is 5.82 Å². The highest BCUT2D eigenvalue weighted by atomic mass is 32.2. The van der Waals surface area contributed by atoms with Crippen molar-refractivity contribution in [3.05, 3.63) is 59.4 Å². The zero-order valence-electron chi connectivity index (χ0n) is 13.8. The molecular weight excluding hydrogens is 343 g/mol. The third-order valence-electron chi connectivity index (χ3n) is 4.16. The number of hydrogen-bond donors (Lipinski definition) is 1. The molecule has 132 valence electrons. The molecule has 1 fully saturated rings. The number of benzene rings is 2. The molecule has 1 aliphatic rings. The lowest BCUT2D eigenvalue weighted by atomic mass is 10.1. The van der Waals surface area contributed by atoms with E-state index in [-0.39, 0.29) is 11.3 Å². The Morgan fingerprint density at radius 2 is 1.96 bits per heavy atom. The molecule has 1 amide bonds. The van der Waals surface area contributed by atoms with Crippen LogP contribution in [0.3, 0.4) is 0 Å². The molecule has 1 heterocycles. The lowest BCUT2D eigenvalue weighted by molar-refractivity contribution is 0.102. The zero-order chi connectivity index (χ0) is 18.0. The van der Waals surface area contributed by atoms with Crippen LogP contribution in [0.1, 0.15) is 28.8 Å². The minimum atomic E-state index is -3.28. The number of amides is 1. The van der Waals surface area contributed by atoms with Crippen LogP contribution in [0.4, 0.5) is 15.8 Å². The maximum Gasteiger partial charge on any atom is 0.255 e. The molecule has 0 aliphatic carbocycles. The Balaban J connectivity index is 1.81. The number of hydrogen-bond acceptors (Lipinski definition) is 3. The summed E-state index contributed by atoms with van der Waals surface area (Å²) < 4.78 is 39.1. The van der Waals surface area contributed by atoms with Crippen molar-refractivity contribution in [1.29, 1.82) is 0 Å². The molecule has 5 nitrogen and oxygen atoms in total. The molecule has 25 heavy (non-hydrogen) atoms. The van der Waals surface area contributed by atoms with Crippen LogP contribution in [-0.2, 0) is 10.0 Å². The monoisotopic (exact) mass is 362 g/mol. The Labute approximate surface area is 146 Å². The summed E-state index contributed by atoms with van der Waals surface area (Å²) >= 11 is 0. The van der Waals surface area contributed by atoms with Gasteiger partial charge in [0.15, 0.2) is 0 Å². The van der Waals surface area contributed by atoms with Crippen LogP contribution in [-0.4, -0.2) is 26.6 Å². The predicted molar refractivity (Wildman–Crippen MR) is 95.9 cm³/mol. The van der Waals surface area contributed by atoms with Gasteiger partial charge in [0, 0.05) is 17.8 Å². The summed E-state index contributed by atoms with van der Waals surface area (Å²) in [5.74, 6) is -0.739. The number of aryl methyl sites for hydroxylation is 1. The topological polar surface area (TPSA) is 66.5 Å². The second-order valence-electron chi connectivity index (χ2n) is 6.06. The summed E-state index contributed by atoms with van der Waals surface area (Å²) in [6.45, 7) is 2.27. The average molecular weight is 362 g/mol. The van der Waals surface area contributed by atoms with Gasteiger partial charge < -0.3 is 5.32 Å². The van der Waals surface area contributed by atoms with E-state index in [1.165, 1.54) is 22.5 Å². The van der Waals surface area contributed by atoms with Crippen LogP contribution >= 0.6 is 0 Å². The van der Waals surface area contributed by atoms with Crippen LogP contribution in [0.2, 0.25) is 0 Å². The van der Waals surface area contributed by atoms with E-state index in [4.69, 9.17) is 0 Å². The van der Waals surface area contributed by atoms with E-state index in [0.717, 1.165) is 18.1 Å². The molecular formula is C18H19FN2O3S. The maximum atomic E-state index is 13.2. The minimum absolute atomic E-state index is 0.157. The van der Waals surface area contributed by atoms with Crippen molar-refractivity contribution in [2.45, 2.75) is 19.8 Å². The first kappa shape index (κ1) is 17.4. The third-order valence-corrected chi connectivity index (χ3v) is 6.01. The second kappa shape index (κ2) is 6.84. The average Bonchev–Trinajstić information content (AvgIpc) is 2.55. The van der Waals surface area contributed by atoms with E-state index in [9.17, 15) is 17.6 Å². The van der Waals surface area contributed by atoms with E-state index in [1.807, 2.05) is 0 Å². The molecule has 1 N–H and O–H groups in total.